The first-order valence-electron chi connectivity index (χ1n) is 12.9. The molecule has 1 heterocycles. The van der Waals surface area contributed by atoms with E-state index < -0.39 is 31.4 Å². The molecule has 8 heteroatoms. The van der Waals surface area contributed by atoms with Gasteiger partial charge in [-0.1, -0.05) is 77.0 Å². The van der Waals surface area contributed by atoms with E-state index in [1.807, 2.05) is 32.9 Å². The number of allylic oxidation sites excluding steroid dienone is 9. The molecular weight excluding hydrogens is 488 g/mol. The lowest BCUT2D eigenvalue weighted by Gasteiger charge is -2.24. The summed E-state index contributed by atoms with van der Waals surface area (Å²) in [4.78, 5) is 23.8. The van der Waals surface area contributed by atoms with E-state index >= 15 is 0 Å². The maximum absolute atomic E-state index is 11.9. The van der Waals surface area contributed by atoms with E-state index in [9.17, 15) is 19.8 Å². The molecule has 0 amide bonds. The molecule has 2 atom stereocenters. The molecule has 1 aliphatic rings. The zero-order chi connectivity index (χ0) is 29.3. The van der Waals surface area contributed by atoms with Gasteiger partial charge in [0.1, 0.15) is 24.6 Å². The molecule has 0 spiro atoms. The van der Waals surface area contributed by atoms with Gasteiger partial charge in [0.25, 0.3) is 0 Å². The van der Waals surface area contributed by atoms with E-state index in [0.717, 1.165) is 12.0 Å². The number of aliphatic hydroxyl groups excluding tert-OH is 2. The standard InChI is InChI=1S/C28H40O8.C2H6/c1-8-20(3)22(28(4,5)6)13-12-19(2)10-9-11-21-14-15-34-25(32)18-35-27(24(17-30)36-21)26(33-7)23(31)16-29;1-2/h9-14,17,23,26,29,31H,8,15-16,18H2,1-7H3;1-2H3/b11-9+,13-12+,19-10+,21-14-,22-20-,27-24-;. The van der Waals surface area contributed by atoms with Crippen molar-refractivity contribution in [2.24, 2.45) is 5.41 Å². The number of ether oxygens (including phenoxy) is 4. The maximum Gasteiger partial charge on any atom is 0.344 e. The van der Waals surface area contributed by atoms with Gasteiger partial charge >= 0.3 is 5.97 Å². The van der Waals surface area contributed by atoms with Gasteiger partial charge in [-0.15, -0.1) is 0 Å². The van der Waals surface area contributed by atoms with Gasteiger partial charge < -0.3 is 29.2 Å². The Labute approximate surface area is 228 Å². The molecule has 8 nitrogen and oxygen atoms in total. The highest BCUT2D eigenvalue weighted by Gasteiger charge is 2.30. The van der Waals surface area contributed by atoms with Crippen LogP contribution in [0.25, 0.3) is 0 Å². The maximum atomic E-state index is 11.9. The van der Waals surface area contributed by atoms with Gasteiger partial charge in [-0.25, -0.2) is 4.79 Å². The zero-order valence-electron chi connectivity index (χ0n) is 24.4. The Kier molecular flexibility index (Phi) is 16.9. The normalized spacial score (nSPS) is 21.2. The quantitative estimate of drug-likeness (QED) is 0.226. The van der Waals surface area contributed by atoms with Crippen molar-refractivity contribution in [3.63, 3.8) is 0 Å². The summed E-state index contributed by atoms with van der Waals surface area (Å²) in [5, 5.41) is 19.4. The second-order valence-electron chi connectivity index (χ2n) is 9.33. The molecule has 1 aliphatic heterocycles. The van der Waals surface area contributed by atoms with Crippen LogP contribution in [-0.2, 0) is 28.5 Å². The average Bonchev–Trinajstić information content (AvgIpc) is 2.89. The number of esters is 1. The third-order valence-corrected chi connectivity index (χ3v) is 5.43. The molecule has 214 valence electrons. The third kappa shape index (κ3) is 12.1. The summed E-state index contributed by atoms with van der Waals surface area (Å²) in [5.74, 6) is -0.991. The van der Waals surface area contributed by atoms with Crippen molar-refractivity contribution >= 4 is 12.3 Å². The predicted octanol–water partition coefficient (Wildman–Crippen LogP) is 5.10. The Hall–Kier alpha value is -2.94. The van der Waals surface area contributed by atoms with Crippen LogP contribution in [0.15, 0.2) is 70.5 Å². The minimum Gasteiger partial charge on any atom is -0.479 e. The monoisotopic (exact) mass is 534 g/mol. The third-order valence-electron chi connectivity index (χ3n) is 5.43. The first kappa shape index (κ1) is 35.1. The van der Waals surface area contributed by atoms with Crippen molar-refractivity contribution in [1.82, 2.24) is 0 Å². The van der Waals surface area contributed by atoms with Crippen LogP contribution >= 0.6 is 0 Å². The first-order valence-corrected chi connectivity index (χ1v) is 12.9. The van der Waals surface area contributed by atoms with Crippen molar-refractivity contribution in [2.45, 2.75) is 74.0 Å². The van der Waals surface area contributed by atoms with Gasteiger partial charge in [-0.05, 0) is 43.4 Å². The number of carbonyl (C=O) groups excluding carboxylic acids is 2. The van der Waals surface area contributed by atoms with Crippen LogP contribution < -0.4 is 0 Å². The summed E-state index contributed by atoms with van der Waals surface area (Å²) < 4.78 is 21.4. The zero-order valence-corrected chi connectivity index (χ0v) is 24.4. The van der Waals surface area contributed by atoms with Gasteiger partial charge in [-0.2, -0.15) is 0 Å². The lowest BCUT2D eigenvalue weighted by atomic mass is 9.82. The molecule has 0 aromatic carbocycles. The molecule has 2 N–H and O–H groups in total. The van der Waals surface area contributed by atoms with Crippen LogP contribution in [0.1, 0.15) is 61.8 Å². The van der Waals surface area contributed by atoms with Crippen molar-refractivity contribution in [3.05, 3.63) is 70.5 Å². The highest BCUT2D eigenvalue weighted by atomic mass is 16.6. The second kappa shape index (κ2) is 18.3. The van der Waals surface area contributed by atoms with Crippen LogP contribution in [0, 0.1) is 5.41 Å². The highest BCUT2D eigenvalue weighted by Crippen LogP contribution is 2.30. The fourth-order valence-electron chi connectivity index (χ4n) is 3.41. The summed E-state index contributed by atoms with van der Waals surface area (Å²) in [5.41, 5.74) is 3.64. The van der Waals surface area contributed by atoms with Gasteiger partial charge in [0.2, 0.25) is 5.76 Å². The van der Waals surface area contributed by atoms with E-state index in [2.05, 4.69) is 40.7 Å². The number of carbonyl (C=O) groups is 2. The van der Waals surface area contributed by atoms with Crippen molar-refractivity contribution in [3.8, 4) is 0 Å². The van der Waals surface area contributed by atoms with Crippen LogP contribution in [0.4, 0.5) is 0 Å². The topological polar surface area (TPSA) is 112 Å². The summed E-state index contributed by atoms with van der Waals surface area (Å²) >= 11 is 0. The SMILES string of the molecule is CC.CC/C(C)=C(/C=C/C(C)=C/C=C/C1=C/COC(=O)CO/C(C(OC)C(O)CO)=C(/C=O)O1)C(C)(C)C. The molecule has 0 fully saturated rings. The van der Waals surface area contributed by atoms with E-state index in [1.165, 1.54) is 24.3 Å². The van der Waals surface area contributed by atoms with Gasteiger partial charge in [-0.3, -0.25) is 4.79 Å². The van der Waals surface area contributed by atoms with Crippen LogP contribution in [0.2, 0.25) is 0 Å². The van der Waals surface area contributed by atoms with E-state index in [4.69, 9.17) is 18.9 Å². The predicted molar refractivity (Wildman–Crippen MR) is 149 cm³/mol. The minimum atomic E-state index is -1.41. The number of hydrogen-bond acceptors (Lipinski definition) is 8. The summed E-state index contributed by atoms with van der Waals surface area (Å²) in [6, 6.07) is 0. The Morgan fingerprint density at radius 1 is 1.18 bits per heavy atom. The lowest BCUT2D eigenvalue weighted by Crippen LogP contribution is -2.36. The van der Waals surface area contributed by atoms with Crippen LogP contribution in [0.5, 0.6) is 0 Å². The fourth-order valence-corrected chi connectivity index (χ4v) is 3.41. The molecule has 0 saturated carbocycles. The van der Waals surface area contributed by atoms with Gasteiger partial charge in [0, 0.05) is 7.11 Å². The van der Waals surface area contributed by atoms with Crippen molar-refractivity contribution < 1.29 is 38.7 Å². The second-order valence-corrected chi connectivity index (χ2v) is 9.33. The number of rotatable bonds is 10. The Bertz CT molecular complexity index is 942. The van der Waals surface area contributed by atoms with Crippen molar-refractivity contribution in [2.75, 3.05) is 26.9 Å². The number of methoxy groups -OCH3 is 1. The fraction of sp³-hybridized carbons (Fsp3) is 0.533. The van der Waals surface area contributed by atoms with Crippen LogP contribution in [-0.4, -0.2) is 61.6 Å². The number of hydrogen-bond donors (Lipinski definition) is 2. The molecule has 1 rings (SSSR count). The van der Waals surface area contributed by atoms with Gasteiger partial charge in [0.15, 0.2) is 18.7 Å². The van der Waals surface area contributed by atoms with E-state index in [0.29, 0.717) is 6.29 Å². The molecule has 0 aromatic rings. The number of cyclic esters (lactones) is 1. The Balaban J connectivity index is 0.00000667. The molecule has 2 unspecified atom stereocenters. The van der Waals surface area contributed by atoms with Crippen LogP contribution in [0.3, 0.4) is 0 Å². The minimum absolute atomic E-state index is 0.0277. The highest BCUT2D eigenvalue weighted by molar-refractivity contribution is 5.73. The summed E-state index contributed by atoms with van der Waals surface area (Å²) in [7, 11) is 1.26. The first-order chi connectivity index (χ1) is 18.0. The van der Waals surface area contributed by atoms with E-state index in [1.54, 1.807) is 12.2 Å². The molecule has 0 saturated heterocycles. The smallest absolute Gasteiger partial charge is 0.344 e. The largest absolute Gasteiger partial charge is 0.479 e. The Morgan fingerprint density at radius 2 is 1.84 bits per heavy atom. The van der Waals surface area contributed by atoms with Crippen molar-refractivity contribution in [1.29, 1.82) is 0 Å². The molecule has 0 aliphatic carbocycles. The molecule has 0 bridgehead atoms. The lowest BCUT2D eigenvalue weighted by molar-refractivity contribution is -0.148. The summed E-state index contributed by atoms with van der Waals surface area (Å²) in [6.45, 7) is 15.5. The van der Waals surface area contributed by atoms with E-state index in [-0.39, 0.29) is 29.3 Å². The molecule has 0 aromatic heterocycles. The average molecular weight is 535 g/mol. The molecular formula is C30H46O8. The number of aliphatic hydroxyl groups is 2. The van der Waals surface area contributed by atoms with Gasteiger partial charge in [0.05, 0.1) is 6.61 Å². The Morgan fingerprint density at radius 3 is 2.37 bits per heavy atom. The molecule has 38 heavy (non-hydrogen) atoms. The summed E-state index contributed by atoms with van der Waals surface area (Å²) in [6.07, 6.45) is 9.61. The number of aldehydes is 1. The molecule has 0 radical (unpaired) electrons.